The molecular formula is C27H27N3O3. The third-order valence-corrected chi connectivity index (χ3v) is 6.23. The second-order valence-electron chi connectivity index (χ2n) is 8.60. The van der Waals surface area contributed by atoms with Crippen LogP contribution in [0.15, 0.2) is 78.9 Å². The van der Waals surface area contributed by atoms with Gasteiger partial charge in [-0.2, -0.15) is 0 Å². The van der Waals surface area contributed by atoms with Crippen molar-refractivity contribution >= 4 is 23.2 Å². The molecule has 2 aliphatic rings. The fourth-order valence-electron chi connectivity index (χ4n) is 4.59. The van der Waals surface area contributed by atoms with Crippen molar-refractivity contribution in [2.75, 3.05) is 16.8 Å². The monoisotopic (exact) mass is 441 g/mol. The summed E-state index contributed by atoms with van der Waals surface area (Å²) in [7, 11) is 0. The minimum Gasteiger partial charge on any atom is -0.489 e. The maximum Gasteiger partial charge on any atom is 0.247 e. The largest absolute Gasteiger partial charge is 0.489 e. The molecule has 3 aromatic carbocycles. The maximum atomic E-state index is 12.6. The molecule has 33 heavy (non-hydrogen) atoms. The Morgan fingerprint density at radius 3 is 2.67 bits per heavy atom. The Hall–Kier alpha value is -3.80. The molecule has 0 aromatic heterocycles. The van der Waals surface area contributed by atoms with E-state index in [1.54, 1.807) is 0 Å². The minimum absolute atomic E-state index is 0.00207. The maximum absolute atomic E-state index is 12.6. The molecule has 2 aliphatic heterocycles. The molecule has 6 nitrogen and oxygen atoms in total. The number of fused-ring (bicyclic) bond motifs is 3. The van der Waals surface area contributed by atoms with Gasteiger partial charge in [0.15, 0.2) is 0 Å². The number of benzene rings is 3. The molecule has 6 heteroatoms. The van der Waals surface area contributed by atoms with E-state index < -0.39 is 0 Å². The molecule has 2 N–H and O–H groups in total. The number of hydrogen-bond donors (Lipinski definition) is 2. The molecule has 0 bridgehead atoms. The topological polar surface area (TPSA) is 70.7 Å². The van der Waals surface area contributed by atoms with Crippen LogP contribution in [-0.2, 0) is 22.6 Å². The summed E-state index contributed by atoms with van der Waals surface area (Å²) in [5, 5.41) is 6.10. The van der Waals surface area contributed by atoms with Crippen molar-refractivity contribution in [3.8, 4) is 5.75 Å². The van der Waals surface area contributed by atoms with Crippen LogP contribution < -0.4 is 20.3 Å². The number of hydrogen-bond acceptors (Lipinski definition) is 4. The van der Waals surface area contributed by atoms with Crippen molar-refractivity contribution in [1.82, 2.24) is 5.32 Å². The highest BCUT2D eigenvalue weighted by Crippen LogP contribution is 2.36. The van der Waals surface area contributed by atoms with Gasteiger partial charge in [0.1, 0.15) is 18.4 Å². The predicted octanol–water partition coefficient (Wildman–Crippen LogP) is 3.91. The molecule has 0 radical (unpaired) electrons. The molecule has 1 saturated heterocycles. The van der Waals surface area contributed by atoms with Gasteiger partial charge in [0, 0.05) is 19.0 Å². The normalized spacial score (nSPS) is 18.8. The van der Waals surface area contributed by atoms with Gasteiger partial charge < -0.3 is 20.3 Å². The first-order valence-corrected chi connectivity index (χ1v) is 11.4. The van der Waals surface area contributed by atoms with E-state index in [0.29, 0.717) is 32.4 Å². The second-order valence-corrected chi connectivity index (χ2v) is 8.60. The highest BCUT2D eigenvalue weighted by atomic mass is 16.5. The van der Waals surface area contributed by atoms with Crippen molar-refractivity contribution in [1.29, 1.82) is 0 Å². The summed E-state index contributed by atoms with van der Waals surface area (Å²) in [6, 6.07) is 25.5. The highest BCUT2D eigenvalue weighted by Gasteiger charge is 2.41. The first-order chi connectivity index (χ1) is 16.2. The Morgan fingerprint density at radius 1 is 1.00 bits per heavy atom. The van der Waals surface area contributed by atoms with E-state index in [1.165, 1.54) is 0 Å². The third-order valence-electron chi connectivity index (χ3n) is 6.23. The van der Waals surface area contributed by atoms with E-state index in [4.69, 9.17) is 4.74 Å². The van der Waals surface area contributed by atoms with E-state index in [-0.39, 0.29) is 23.9 Å². The smallest absolute Gasteiger partial charge is 0.247 e. The number of carbonyl (C=O) groups excluding carboxylic acids is 2. The molecule has 2 heterocycles. The lowest BCUT2D eigenvalue weighted by Crippen LogP contribution is -2.44. The average Bonchev–Trinajstić information content (AvgIpc) is 3.27. The van der Waals surface area contributed by atoms with E-state index in [2.05, 4.69) is 15.5 Å². The fraction of sp³-hybridized carbons (Fsp3) is 0.259. The lowest BCUT2D eigenvalue weighted by molar-refractivity contribution is -0.122. The van der Waals surface area contributed by atoms with Crippen LogP contribution in [-0.4, -0.2) is 30.4 Å². The number of rotatable bonds is 7. The average molecular weight is 442 g/mol. The molecule has 2 unspecified atom stereocenters. The van der Waals surface area contributed by atoms with Crippen molar-refractivity contribution < 1.29 is 14.3 Å². The Bertz CT molecular complexity index is 1150. The summed E-state index contributed by atoms with van der Waals surface area (Å²) in [5.41, 5.74) is 4.03. The van der Waals surface area contributed by atoms with Crippen molar-refractivity contribution in [2.45, 2.75) is 38.0 Å². The van der Waals surface area contributed by atoms with Gasteiger partial charge in [0.2, 0.25) is 11.8 Å². The Morgan fingerprint density at radius 2 is 1.79 bits per heavy atom. The molecule has 5 rings (SSSR count). The molecule has 3 aromatic rings. The van der Waals surface area contributed by atoms with Crippen molar-refractivity contribution in [3.05, 3.63) is 90.0 Å². The number of carbonyl (C=O) groups is 2. The summed E-state index contributed by atoms with van der Waals surface area (Å²) >= 11 is 0. The summed E-state index contributed by atoms with van der Waals surface area (Å²) < 4.78 is 5.90. The predicted molar refractivity (Wildman–Crippen MR) is 128 cm³/mol. The molecule has 0 aliphatic carbocycles. The second kappa shape index (κ2) is 9.36. The lowest BCUT2D eigenvalue weighted by Gasteiger charge is -2.32. The minimum atomic E-state index is -0.233. The molecule has 2 atom stereocenters. The molecule has 168 valence electrons. The first-order valence-electron chi connectivity index (χ1n) is 11.4. The van der Waals surface area contributed by atoms with Gasteiger partial charge in [-0.3, -0.25) is 9.59 Å². The van der Waals surface area contributed by atoms with Gasteiger partial charge in [-0.05, 0) is 48.2 Å². The third kappa shape index (κ3) is 4.85. The number of nitrogens with zero attached hydrogens (tertiary/aromatic N) is 1. The quantitative estimate of drug-likeness (QED) is 0.583. The van der Waals surface area contributed by atoms with Gasteiger partial charge in [-0.25, -0.2) is 0 Å². The Kier molecular flexibility index (Phi) is 5.98. The summed E-state index contributed by atoms with van der Waals surface area (Å²) in [6.07, 6.45) is 1.65. The van der Waals surface area contributed by atoms with Gasteiger partial charge in [0.25, 0.3) is 0 Å². The SMILES string of the molecule is O=C(CCc1cccc(OCc2ccccc2)c1)NC1CC2C(=O)Nc3ccccc3N2C1. The van der Waals surface area contributed by atoms with Crippen molar-refractivity contribution in [3.63, 3.8) is 0 Å². The molecular weight excluding hydrogens is 414 g/mol. The van der Waals surface area contributed by atoms with Crippen LogP contribution >= 0.6 is 0 Å². The summed E-state index contributed by atoms with van der Waals surface area (Å²) in [6.45, 7) is 1.16. The summed E-state index contributed by atoms with van der Waals surface area (Å²) in [5.74, 6) is 0.802. The van der Waals surface area contributed by atoms with Crippen LogP contribution in [0, 0.1) is 0 Å². The van der Waals surface area contributed by atoms with E-state index in [0.717, 1.165) is 28.3 Å². The van der Waals surface area contributed by atoms with E-state index in [1.807, 2.05) is 78.9 Å². The van der Waals surface area contributed by atoms with Gasteiger partial charge in [-0.15, -0.1) is 0 Å². The molecule has 0 spiro atoms. The molecule has 1 fully saturated rings. The summed E-state index contributed by atoms with van der Waals surface area (Å²) in [4.78, 5) is 27.2. The Balaban J connectivity index is 1.13. The standard InChI is InChI=1S/C27H27N3O3/c31-26(14-13-19-9-6-10-22(15-19)33-18-20-7-2-1-3-8-20)28-21-16-25-27(32)29-23-11-4-5-12-24(23)30(25)17-21/h1-12,15,21,25H,13-14,16-18H2,(H,28,31)(H,29,32). The van der Waals surface area contributed by atoms with Crippen LogP contribution in [0.1, 0.15) is 24.0 Å². The van der Waals surface area contributed by atoms with Crippen LogP contribution in [0.3, 0.4) is 0 Å². The number of para-hydroxylation sites is 2. The Labute approximate surface area is 193 Å². The van der Waals surface area contributed by atoms with Gasteiger partial charge in [0.05, 0.1) is 11.4 Å². The van der Waals surface area contributed by atoms with E-state index in [9.17, 15) is 9.59 Å². The van der Waals surface area contributed by atoms with Gasteiger partial charge in [-0.1, -0.05) is 54.6 Å². The molecule has 0 saturated carbocycles. The first kappa shape index (κ1) is 21.1. The zero-order chi connectivity index (χ0) is 22.6. The van der Waals surface area contributed by atoms with Crippen LogP contribution in [0.2, 0.25) is 0 Å². The number of ether oxygens (including phenoxy) is 1. The fourth-order valence-corrected chi connectivity index (χ4v) is 4.59. The van der Waals surface area contributed by atoms with E-state index >= 15 is 0 Å². The zero-order valence-corrected chi connectivity index (χ0v) is 18.4. The highest BCUT2D eigenvalue weighted by molar-refractivity contribution is 6.04. The van der Waals surface area contributed by atoms with Crippen LogP contribution in [0.25, 0.3) is 0 Å². The van der Waals surface area contributed by atoms with Crippen molar-refractivity contribution in [2.24, 2.45) is 0 Å². The number of amides is 2. The zero-order valence-electron chi connectivity index (χ0n) is 18.4. The van der Waals surface area contributed by atoms with Gasteiger partial charge >= 0.3 is 0 Å². The van der Waals surface area contributed by atoms with Crippen LogP contribution in [0.5, 0.6) is 5.75 Å². The molecule has 2 amide bonds. The van der Waals surface area contributed by atoms with Crippen LogP contribution in [0.4, 0.5) is 11.4 Å². The number of aryl methyl sites for hydroxylation is 1. The number of anilines is 2. The lowest BCUT2D eigenvalue weighted by atomic mass is 10.1. The number of nitrogens with one attached hydrogen (secondary N) is 2.